The first-order valence-electron chi connectivity index (χ1n) is 9.41. The van der Waals surface area contributed by atoms with Gasteiger partial charge in [0, 0.05) is 17.5 Å². The molecule has 32 heavy (non-hydrogen) atoms. The monoisotopic (exact) mass is 474 g/mol. The van der Waals surface area contributed by atoms with Gasteiger partial charge >= 0.3 is 0 Å². The summed E-state index contributed by atoms with van der Waals surface area (Å²) >= 11 is 0. The maximum atomic E-state index is 12.8. The zero-order chi connectivity index (χ0) is 23.4. The molecule has 0 radical (unpaired) electrons. The van der Waals surface area contributed by atoms with E-state index in [-0.39, 0.29) is 16.3 Å². The third-order valence-corrected chi connectivity index (χ3v) is 6.62. The highest BCUT2D eigenvalue weighted by Gasteiger charge is 2.17. The van der Waals surface area contributed by atoms with Crippen LogP contribution in [-0.4, -0.2) is 36.1 Å². The Balaban J connectivity index is 1.76. The van der Waals surface area contributed by atoms with E-state index in [0.717, 1.165) is 6.26 Å². The molecule has 0 spiro atoms. The second-order valence-corrected chi connectivity index (χ2v) is 10.9. The molecular weight excluding hydrogens is 452 g/mol. The summed E-state index contributed by atoms with van der Waals surface area (Å²) in [5.74, 6) is -0.198. The van der Waals surface area contributed by atoms with Gasteiger partial charge in [0.1, 0.15) is 5.75 Å². The Bertz CT molecular complexity index is 1330. The molecule has 0 aliphatic rings. The lowest BCUT2D eigenvalue weighted by Crippen LogP contribution is -2.15. The van der Waals surface area contributed by atoms with Crippen molar-refractivity contribution in [1.29, 1.82) is 0 Å². The number of anilines is 2. The van der Waals surface area contributed by atoms with Crippen LogP contribution >= 0.6 is 0 Å². The van der Waals surface area contributed by atoms with Crippen LogP contribution in [0.3, 0.4) is 0 Å². The number of benzene rings is 3. The molecule has 8 nitrogen and oxygen atoms in total. The van der Waals surface area contributed by atoms with Crippen molar-refractivity contribution in [2.75, 3.05) is 23.4 Å². The second-order valence-electron chi connectivity index (χ2n) is 7.05. The van der Waals surface area contributed by atoms with Crippen molar-refractivity contribution in [2.45, 2.75) is 10.6 Å². The van der Waals surface area contributed by atoms with Gasteiger partial charge in [-0.05, 0) is 48.0 Å². The van der Waals surface area contributed by atoms with Gasteiger partial charge in [0.25, 0.3) is 15.9 Å². The Morgan fingerprint density at radius 2 is 1.59 bits per heavy atom. The molecule has 0 heterocycles. The van der Waals surface area contributed by atoms with E-state index in [1.54, 1.807) is 42.5 Å². The van der Waals surface area contributed by atoms with Crippen molar-refractivity contribution in [1.82, 2.24) is 0 Å². The van der Waals surface area contributed by atoms with Crippen LogP contribution in [0.4, 0.5) is 11.4 Å². The molecule has 0 aliphatic heterocycles. The van der Waals surface area contributed by atoms with E-state index in [9.17, 15) is 21.6 Å². The number of amides is 1. The Kier molecular flexibility index (Phi) is 6.85. The van der Waals surface area contributed by atoms with E-state index < -0.39 is 25.8 Å². The molecule has 0 unspecified atom stereocenters. The molecule has 2 N–H and O–H groups in total. The SMILES string of the molecule is COc1ccccc1NS(=O)(=O)c1cccc(NC(=O)c2ccc(CS(C)(=O)=O)cc2)c1. The molecule has 0 bridgehead atoms. The van der Waals surface area contributed by atoms with Crippen LogP contribution in [0.25, 0.3) is 0 Å². The number of sulfonamides is 1. The molecule has 0 saturated heterocycles. The summed E-state index contributed by atoms with van der Waals surface area (Å²) in [6.45, 7) is 0. The lowest BCUT2D eigenvalue weighted by Gasteiger charge is -2.12. The number of carbonyl (C=O) groups is 1. The molecule has 168 valence electrons. The summed E-state index contributed by atoms with van der Waals surface area (Å²) in [7, 11) is -5.66. The molecule has 3 aromatic rings. The standard InChI is InChI=1S/C22H22N2O6S2/c1-30-21-9-4-3-8-20(21)24-32(28,29)19-7-5-6-18(14-19)23-22(25)17-12-10-16(11-13-17)15-31(2,26)27/h3-14,24H,15H2,1-2H3,(H,23,25). The Morgan fingerprint density at radius 1 is 0.906 bits per heavy atom. The van der Waals surface area contributed by atoms with Gasteiger partial charge in [-0.2, -0.15) is 0 Å². The van der Waals surface area contributed by atoms with E-state index in [4.69, 9.17) is 4.74 Å². The number of ether oxygens (including phenoxy) is 1. The summed E-state index contributed by atoms with van der Waals surface area (Å²) in [6.07, 6.45) is 1.14. The molecule has 1 amide bonds. The smallest absolute Gasteiger partial charge is 0.262 e. The van der Waals surface area contributed by atoms with E-state index in [1.807, 2.05) is 0 Å². The first-order chi connectivity index (χ1) is 15.1. The number of rotatable bonds is 8. The molecule has 0 fully saturated rings. The molecule has 3 aromatic carbocycles. The number of sulfone groups is 1. The predicted octanol–water partition coefficient (Wildman–Crippen LogP) is 3.29. The normalized spacial score (nSPS) is 11.6. The van der Waals surface area contributed by atoms with Crippen molar-refractivity contribution >= 4 is 37.1 Å². The lowest BCUT2D eigenvalue weighted by atomic mass is 10.1. The second kappa shape index (κ2) is 9.41. The molecule has 0 aliphatic carbocycles. The fraction of sp³-hybridized carbons (Fsp3) is 0.136. The molecule has 0 atom stereocenters. The Hall–Kier alpha value is -3.37. The number of methoxy groups -OCH3 is 1. The third-order valence-electron chi connectivity index (χ3n) is 4.40. The van der Waals surface area contributed by atoms with E-state index in [0.29, 0.717) is 22.6 Å². The first-order valence-corrected chi connectivity index (χ1v) is 13.0. The van der Waals surface area contributed by atoms with Crippen LogP contribution in [0.15, 0.2) is 77.7 Å². The Labute approximate surface area is 187 Å². The average molecular weight is 475 g/mol. The highest BCUT2D eigenvalue weighted by molar-refractivity contribution is 7.92. The van der Waals surface area contributed by atoms with Crippen LogP contribution in [0.5, 0.6) is 5.75 Å². The van der Waals surface area contributed by atoms with Gasteiger partial charge in [-0.3, -0.25) is 9.52 Å². The van der Waals surface area contributed by atoms with E-state index in [1.165, 1.54) is 37.4 Å². The summed E-state index contributed by atoms with van der Waals surface area (Å²) in [6, 6.07) is 18.6. The quantitative estimate of drug-likeness (QED) is 0.517. The average Bonchev–Trinajstić information content (AvgIpc) is 2.73. The van der Waals surface area contributed by atoms with Gasteiger partial charge in [-0.15, -0.1) is 0 Å². The van der Waals surface area contributed by atoms with Crippen LogP contribution in [0.2, 0.25) is 0 Å². The van der Waals surface area contributed by atoms with Crippen LogP contribution in [0.1, 0.15) is 15.9 Å². The molecular formula is C22H22N2O6S2. The highest BCUT2D eigenvalue weighted by Crippen LogP contribution is 2.27. The zero-order valence-electron chi connectivity index (χ0n) is 17.4. The minimum absolute atomic E-state index is 0.0373. The van der Waals surface area contributed by atoms with Gasteiger partial charge in [0.15, 0.2) is 9.84 Å². The maximum Gasteiger partial charge on any atom is 0.262 e. The van der Waals surface area contributed by atoms with Gasteiger partial charge in [0.2, 0.25) is 0 Å². The lowest BCUT2D eigenvalue weighted by molar-refractivity contribution is 0.102. The molecule has 0 saturated carbocycles. The summed E-state index contributed by atoms with van der Waals surface area (Å²) in [5.41, 5.74) is 1.46. The van der Waals surface area contributed by atoms with E-state index in [2.05, 4.69) is 10.0 Å². The third kappa shape index (κ3) is 6.08. The van der Waals surface area contributed by atoms with Gasteiger partial charge in [-0.25, -0.2) is 16.8 Å². The van der Waals surface area contributed by atoms with Gasteiger partial charge < -0.3 is 10.1 Å². The molecule has 10 heteroatoms. The summed E-state index contributed by atoms with van der Waals surface area (Å²) < 4.78 is 56.0. The van der Waals surface area contributed by atoms with Crippen molar-refractivity contribution in [3.8, 4) is 5.75 Å². The first kappa shape index (κ1) is 23.3. The van der Waals surface area contributed by atoms with Crippen molar-refractivity contribution in [2.24, 2.45) is 0 Å². The number of carbonyl (C=O) groups excluding carboxylic acids is 1. The van der Waals surface area contributed by atoms with Crippen LogP contribution in [0, 0.1) is 0 Å². The van der Waals surface area contributed by atoms with E-state index >= 15 is 0 Å². The Morgan fingerprint density at radius 3 is 2.25 bits per heavy atom. The fourth-order valence-corrected chi connectivity index (χ4v) is 4.85. The highest BCUT2D eigenvalue weighted by atomic mass is 32.2. The minimum Gasteiger partial charge on any atom is -0.495 e. The topological polar surface area (TPSA) is 119 Å². The van der Waals surface area contributed by atoms with Crippen molar-refractivity contribution in [3.05, 3.63) is 83.9 Å². The summed E-state index contributed by atoms with van der Waals surface area (Å²) in [4.78, 5) is 12.5. The van der Waals surface area contributed by atoms with Gasteiger partial charge in [-0.1, -0.05) is 30.3 Å². The van der Waals surface area contributed by atoms with Crippen molar-refractivity contribution < 1.29 is 26.4 Å². The fourth-order valence-electron chi connectivity index (χ4n) is 2.93. The maximum absolute atomic E-state index is 12.8. The van der Waals surface area contributed by atoms with Crippen molar-refractivity contribution in [3.63, 3.8) is 0 Å². The van der Waals surface area contributed by atoms with Gasteiger partial charge in [0.05, 0.1) is 23.4 Å². The number of nitrogens with one attached hydrogen (secondary N) is 2. The molecule has 0 aromatic heterocycles. The number of hydrogen-bond acceptors (Lipinski definition) is 6. The van der Waals surface area contributed by atoms with Crippen LogP contribution in [-0.2, 0) is 25.6 Å². The minimum atomic E-state index is -3.93. The summed E-state index contributed by atoms with van der Waals surface area (Å²) in [5, 5.41) is 2.65. The van der Waals surface area contributed by atoms with Crippen LogP contribution < -0.4 is 14.8 Å². The number of para-hydroxylation sites is 2. The zero-order valence-corrected chi connectivity index (χ0v) is 19.0. The largest absolute Gasteiger partial charge is 0.495 e. The molecule has 3 rings (SSSR count). The number of hydrogen-bond donors (Lipinski definition) is 2. The predicted molar refractivity (Wildman–Crippen MR) is 123 cm³/mol.